The Bertz CT molecular complexity index is 860. The predicted octanol–water partition coefficient (Wildman–Crippen LogP) is 4.36. The van der Waals surface area contributed by atoms with Crippen molar-refractivity contribution in [2.45, 2.75) is 82.7 Å². The van der Waals surface area contributed by atoms with Crippen molar-refractivity contribution in [1.29, 1.82) is 0 Å². The molecule has 0 radical (unpaired) electrons. The Labute approximate surface area is 200 Å². The van der Waals surface area contributed by atoms with E-state index in [0.717, 1.165) is 31.7 Å². The fourth-order valence-corrected chi connectivity index (χ4v) is 5.71. The Hall–Kier alpha value is -1.93. The van der Waals surface area contributed by atoms with Gasteiger partial charge in [0.25, 0.3) is 5.91 Å². The number of rotatable bonds is 13. The highest BCUT2D eigenvalue weighted by Gasteiger charge is 2.40. The van der Waals surface area contributed by atoms with Gasteiger partial charge in [-0.2, -0.15) is 0 Å². The molecule has 0 bridgehead atoms. The molecular formula is C25H36FN3O3S. The van der Waals surface area contributed by atoms with Gasteiger partial charge in [-0.3, -0.25) is 19.7 Å². The number of nitrogens with zero attached hydrogens (tertiary/aromatic N) is 2. The first-order valence-corrected chi connectivity index (χ1v) is 13.3. The van der Waals surface area contributed by atoms with Crippen molar-refractivity contribution in [3.05, 3.63) is 29.1 Å². The zero-order valence-electron chi connectivity index (χ0n) is 19.8. The lowest BCUT2D eigenvalue weighted by Crippen LogP contribution is -2.52. The van der Waals surface area contributed by atoms with Gasteiger partial charge in [0.1, 0.15) is 11.9 Å². The molecule has 8 heteroatoms. The molecule has 1 fully saturated rings. The van der Waals surface area contributed by atoms with E-state index >= 15 is 0 Å². The molecule has 2 aliphatic rings. The number of carbonyl (C=O) groups is 3. The van der Waals surface area contributed by atoms with Crippen LogP contribution in [0.5, 0.6) is 0 Å². The zero-order valence-corrected chi connectivity index (χ0v) is 20.6. The summed E-state index contributed by atoms with van der Waals surface area (Å²) >= 11 is 1.47. The van der Waals surface area contributed by atoms with Crippen LogP contribution in [-0.4, -0.2) is 59.0 Å². The van der Waals surface area contributed by atoms with Gasteiger partial charge in [-0.1, -0.05) is 39.5 Å². The minimum Gasteiger partial charge on any atom is -0.322 e. The number of thioether (sulfide) groups is 1. The average Bonchev–Trinajstić information content (AvgIpc) is 3.12. The normalized spacial score (nSPS) is 18.2. The van der Waals surface area contributed by atoms with Gasteiger partial charge in [0.05, 0.1) is 0 Å². The smallest absolute Gasteiger partial charge is 0.255 e. The Morgan fingerprint density at radius 1 is 1.06 bits per heavy atom. The highest BCUT2D eigenvalue weighted by Crippen LogP contribution is 2.36. The molecule has 3 amide bonds. The van der Waals surface area contributed by atoms with E-state index in [1.807, 2.05) is 0 Å². The number of hydrogen-bond acceptors (Lipinski definition) is 5. The number of fused-ring (bicyclic) bond motifs is 1. The van der Waals surface area contributed by atoms with Crippen molar-refractivity contribution in [3.8, 4) is 0 Å². The van der Waals surface area contributed by atoms with E-state index in [1.54, 1.807) is 0 Å². The summed E-state index contributed by atoms with van der Waals surface area (Å²) < 4.78 is 14.6. The van der Waals surface area contributed by atoms with Gasteiger partial charge < -0.3 is 9.80 Å². The number of halogens is 1. The van der Waals surface area contributed by atoms with Crippen molar-refractivity contribution >= 4 is 29.5 Å². The molecule has 0 saturated carbocycles. The standard InChI is InChI=1S/C25H36FN3O3S/c1-3-28(4-2)15-9-7-5-6-8-10-16-33-23-19-17-29(21-13-14-22(30)27-24(21)31)25(32)18(19)11-12-20(23)26/h11-12,21H,3-10,13-17H2,1-2H3,(H,27,30,31). The number of carbonyl (C=O) groups excluding carboxylic acids is 3. The second-order valence-electron chi connectivity index (χ2n) is 8.80. The van der Waals surface area contributed by atoms with Crippen LogP contribution < -0.4 is 5.32 Å². The fourth-order valence-electron chi connectivity index (χ4n) is 4.60. The average molecular weight is 478 g/mol. The lowest BCUT2D eigenvalue weighted by molar-refractivity contribution is -0.136. The number of piperidine rings is 1. The van der Waals surface area contributed by atoms with Crippen LogP contribution in [0, 0.1) is 5.82 Å². The van der Waals surface area contributed by atoms with Crippen LogP contribution in [0.3, 0.4) is 0 Å². The quantitative estimate of drug-likeness (QED) is 0.260. The minimum atomic E-state index is -0.676. The zero-order chi connectivity index (χ0) is 23.8. The SMILES string of the molecule is CCN(CC)CCCCCCCCSc1c(F)ccc2c1CN(C1CCC(=O)NC1=O)C2=O. The van der Waals surface area contributed by atoms with Gasteiger partial charge in [-0.15, -0.1) is 11.8 Å². The monoisotopic (exact) mass is 477 g/mol. The summed E-state index contributed by atoms with van der Waals surface area (Å²) in [6.45, 7) is 8.03. The molecule has 1 unspecified atom stereocenters. The molecule has 0 spiro atoms. The largest absolute Gasteiger partial charge is 0.322 e. The number of hydrogen-bond donors (Lipinski definition) is 1. The van der Waals surface area contributed by atoms with E-state index in [0.29, 0.717) is 22.4 Å². The van der Waals surface area contributed by atoms with Crippen LogP contribution in [0.1, 0.15) is 81.1 Å². The fraction of sp³-hybridized carbons (Fsp3) is 0.640. The summed E-state index contributed by atoms with van der Waals surface area (Å²) in [5.74, 6) is -0.524. The number of amides is 3. The van der Waals surface area contributed by atoms with Crippen LogP contribution in [0.4, 0.5) is 4.39 Å². The first kappa shape index (κ1) is 25.7. The van der Waals surface area contributed by atoms with E-state index < -0.39 is 11.9 Å². The molecule has 0 aliphatic carbocycles. The Morgan fingerprint density at radius 2 is 1.76 bits per heavy atom. The maximum Gasteiger partial charge on any atom is 0.255 e. The summed E-state index contributed by atoms with van der Waals surface area (Å²) in [4.78, 5) is 41.0. The first-order chi connectivity index (χ1) is 16.0. The highest BCUT2D eigenvalue weighted by atomic mass is 32.2. The third-order valence-electron chi connectivity index (χ3n) is 6.63. The molecule has 2 heterocycles. The summed E-state index contributed by atoms with van der Waals surface area (Å²) in [6.07, 6.45) is 7.57. The molecular weight excluding hydrogens is 441 g/mol. The molecule has 1 saturated heterocycles. The van der Waals surface area contributed by atoms with Crippen LogP contribution in [0.2, 0.25) is 0 Å². The maximum absolute atomic E-state index is 14.6. The van der Waals surface area contributed by atoms with Crippen molar-refractivity contribution in [1.82, 2.24) is 15.1 Å². The Balaban J connectivity index is 1.45. The second-order valence-corrected chi connectivity index (χ2v) is 9.90. The highest BCUT2D eigenvalue weighted by molar-refractivity contribution is 7.99. The van der Waals surface area contributed by atoms with Crippen LogP contribution in [-0.2, 0) is 16.1 Å². The predicted molar refractivity (Wildman–Crippen MR) is 129 cm³/mol. The van der Waals surface area contributed by atoms with E-state index in [4.69, 9.17) is 0 Å². The minimum absolute atomic E-state index is 0.210. The van der Waals surface area contributed by atoms with Crippen molar-refractivity contribution in [3.63, 3.8) is 0 Å². The Kier molecular flexibility index (Phi) is 9.74. The third-order valence-corrected chi connectivity index (χ3v) is 7.85. The lowest BCUT2D eigenvalue weighted by atomic mass is 10.0. The number of imide groups is 1. The van der Waals surface area contributed by atoms with E-state index in [1.165, 1.54) is 61.0 Å². The van der Waals surface area contributed by atoms with Gasteiger partial charge in [0.2, 0.25) is 11.8 Å². The summed E-state index contributed by atoms with van der Waals surface area (Å²) in [7, 11) is 0. The molecule has 6 nitrogen and oxygen atoms in total. The third kappa shape index (κ3) is 6.57. The van der Waals surface area contributed by atoms with Gasteiger partial charge in [0.15, 0.2) is 0 Å². The van der Waals surface area contributed by atoms with E-state index in [2.05, 4.69) is 24.1 Å². The van der Waals surface area contributed by atoms with Crippen LogP contribution in [0.15, 0.2) is 17.0 Å². The molecule has 182 valence electrons. The molecule has 1 aromatic carbocycles. The number of unbranched alkanes of at least 4 members (excludes halogenated alkanes) is 5. The molecule has 0 aromatic heterocycles. The van der Waals surface area contributed by atoms with E-state index in [-0.39, 0.29) is 30.6 Å². The molecule has 33 heavy (non-hydrogen) atoms. The van der Waals surface area contributed by atoms with Gasteiger partial charge in [-0.05, 0) is 56.8 Å². The van der Waals surface area contributed by atoms with Gasteiger partial charge in [-0.25, -0.2) is 4.39 Å². The topological polar surface area (TPSA) is 69.7 Å². The first-order valence-electron chi connectivity index (χ1n) is 12.3. The van der Waals surface area contributed by atoms with Crippen molar-refractivity contribution < 1.29 is 18.8 Å². The summed E-state index contributed by atoms with van der Waals surface area (Å²) in [5.41, 5.74) is 1.14. The number of nitrogens with one attached hydrogen (secondary N) is 1. The summed E-state index contributed by atoms with van der Waals surface area (Å²) in [6, 6.07) is 2.19. The molecule has 1 atom stereocenters. The Morgan fingerprint density at radius 3 is 2.45 bits per heavy atom. The summed E-state index contributed by atoms with van der Waals surface area (Å²) in [5, 5.41) is 2.30. The van der Waals surface area contributed by atoms with Crippen molar-refractivity contribution in [2.24, 2.45) is 0 Å². The van der Waals surface area contributed by atoms with Gasteiger partial charge in [0, 0.05) is 29.0 Å². The number of benzene rings is 1. The van der Waals surface area contributed by atoms with Gasteiger partial charge >= 0.3 is 0 Å². The second kappa shape index (κ2) is 12.5. The van der Waals surface area contributed by atoms with E-state index in [9.17, 15) is 18.8 Å². The maximum atomic E-state index is 14.6. The molecule has 3 rings (SSSR count). The lowest BCUT2D eigenvalue weighted by Gasteiger charge is -2.29. The van der Waals surface area contributed by atoms with Crippen LogP contribution >= 0.6 is 11.8 Å². The molecule has 1 N–H and O–H groups in total. The molecule has 1 aromatic rings. The molecule has 2 aliphatic heterocycles. The van der Waals surface area contributed by atoms with Crippen molar-refractivity contribution in [2.75, 3.05) is 25.4 Å². The van der Waals surface area contributed by atoms with Crippen LogP contribution in [0.25, 0.3) is 0 Å².